The first-order valence-corrected chi connectivity index (χ1v) is 7.59. The lowest BCUT2D eigenvalue weighted by atomic mass is 10.3. The molecule has 2 rings (SSSR count). The third-order valence-corrected chi connectivity index (χ3v) is 3.41. The molecule has 0 bridgehead atoms. The lowest BCUT2D eigenvalue weighted by Crippen LogP contribution is -2.29. The van der Waals surface area contributed by atoms with Gasteiger partial charge in [-0.3, -0.25) is 4.57 Å². The minimum absolute atomic E-state index is 0.233. The van der Waals surface area contributed by atoms with Gasteiger partial charge in [0.15, 0.2) is 17.9 Å². The number of halogens is 2. The molecule has 0 aromatic carbocycles. The predicted molar refractivity (Wildman–Crippen MR) is 90.0 cm³/mol. The van der Waals surface area contributed by atoms with Crippen LogP contribution >= 0.6 is 0 Å². The Hall–Kier alpha value is -2.58. The number of hydrogen-bond acceptors (Lipinski definition) is 5. The van der Waals surface area contributed by atoms with Gasteiger partial charge in [0.2, 0.25) is 0 Å². The molecule has 0 aliphatic carbocycles. The lowest BCUT2D eigenvalue weighted by molar-refractivity contribution is -0.0106. The number of anilines is 1. The van der Waals surface area contributed by atoms with Gasteiger partial charge in [-0.05, 0) is 31.6 Å². The highest BCUT2D eigenvalue weighted by molar-refractivity contribution is 5.41. The third-order valence-electron chi connectivity index (χ3n) is 3.41. The van der Waals surface area contributed by atoms with Gasteiger partial charge in [-0.15, -0.1) is 0 Å². The first-order valence-electron chi connectivity index (χ1n) is 7.59. The van der Waals surface area contributed by atoms with Gasteiger partial charge in [-0.1, -0.05) is 18.7 Å². The molecule has 1 aromatic heterocycles. The minimum Gasteiger partial charge on any atom is -0.393 e. The molecule has 2 heterocycles. The first-order chi connectivity index (χ1) is 11.9. The van der Waals surface area contributed by atoms with Crippen LogP contribution in [-0.2, 0) is 4.74 Å². The molecular formula is C17H19F2N3O3. The molecule has 8 heteroatoms. The topological polar surface area (TPSA) is 76.4 Å². The van der Waals surface area contributed by atoms with Gasteiger partial charge >= 0.3 is 5.69 Å². The van der Waals surface area contributed by atoms with Crippen LogP contribution < -0.4 is 11.0 Å². The Morgan fingerprint density at radius 1 is 1.52 bits per heavy atom. The molecule has 0 radical (unpaired) electrons. The van der Waals surface area contributed by atoms with Crippen LogP contribution in [0.1, 0.15) is 19.6 Å². The lowest BCUT2D eigenvalue weighted by Gasteiger charge is -2.15. The summed E-state index contributed by atoms with van der Waals surface area (Å²) in [4.78, 5) is 15.7. The van der Waals surface area contributed by atoms with Gasteiger partial charge < -0.3 is 15.2 Å². The number of allylic oxidation sites excluding steroid dienone is 5. The molecule has 2 N–H and O–H groups in total. The van der Waals surface area contributed by atoms with Crippen LogP contribution in [0.4, 0.5) is 14.6 Å². The fourth-order valence-electron chi connectivity index (χ4n) is 2.14. The number of aliphatic hydroxyl groups excluding tert-OH is 1. The Morgan fingerprint density at radius 3 is 2.92 bits per heavy atom. The molecule has 1 aromatic rings. The fourth-order valence-corrected chi connectivity index (χ4v) is 2.14. The summed E-state index contributed by atoms with van der Waals surface area (Å²) in [5.41, 5.74) is -0.198. The van der Waals surface area contributed by atoms with E-state index in [-0.39, 0.29) is 18.8 Å². The molecule has 0 amide bonds. The van der Waals surface area contributed by atoms with Crippen LogP contribution in [0.3, 0.4) is 0 Å². The molecule has 0 fully saturated rings. The fraction of sp³-hybridized carbons (Fsp3) is 0.294. The van der Waals surface area contributed by atoms with Crippen molar-refractivity contribution in [2.24, 2.45) is 0 Å². The minimum atomic E-state index is -0.815. The quantitative estimate of drug-likeness (QED) is 0.583. The average molecular weight is 351 g/mol. The highest BCUT2D eigenvalue weighted by Crippen LogP contribution is 2.20. The average Bonchev–Trinajstić information content (AvgIpc) is 3.06. The van der Waals surface area contributed by atoms with Gasteiger partial charge in [0, 0.05) is 5.70 Å². The molecule has 6 nitrogen and oxygen atoms in total. The Labute approximate surface area is 143 Å². The number of aliphatic hydroxyl groups is 1. The molecule has 25 heavy (non-hydrogen) atoms. The summed E-state index contributed by atoms with van der Waals surface area (Å²) in [5.74, 6) is -1.43. The standard InChI is InChI=1S/C17H19F2N3O3/c1-3-12(18)6-4-5-11(2)20-16-14(19)9-22(17(24)21-16)15-8-7-13(10-23)25-15/h3,5-9,13,15,23H,1,4,10H2,2H3,(H,20,21,24)/b11-5+,12-6?. The molecule has 2 atom stereocenters. The van der Waals surface area contributed by atoms with E-state index in [2.05, 4.69) is 16.9 Å². The van der Waals surface area contributed by atoms with E-state index in [1.165, 1.54) is 6.08 Å². The highest BCUT2D eigenvalue weighted by atomic mass is 19.1. The van der Waals surface area contributed by atoms with E-state index in [0.717, 1.165) is 16.8 Å². The number of rotatable bonds is 7. The van der Waals surface area contributed by atoms with E-state index in [1.807, 2.05) is 0 Å². The van der Waals surface area contributed by atoms with Crippen molar-refractivity contribution in [1.82, 2.24) is 9.55 Å². The van der Waals surface area contributed by atoms with Crippen molar-refractivity contribution in [2.45, 2.75) is 25.7 Å². The van der Waals surface area contributed by atoms with Crippen LogP contribution in [0.25, 0.3) is 0 Å². The third kappa shape index (κ3) is 4.94. The summed E-state index contributed by atoms with van der Waals surface area (Å²) in [6.45, 7) is 4.70. The van der Waals surface area contributed by atoms with Crippen LogP contribution in [-0.4, -0.2) is 27.4 Å². The van der Waals surface area contributed by atoms with Gasteiger partial charge in [0.25, 0.3) is 0 Å². The van der Waals surface area contributed by atoms with Gasteiger partial charge in [-0.25, -0.2) is 13.6 Å². The number of nitrogens with one attached hydrogen (secondary N) is 1. The molecule has 0 spiro atoms. The number of aromatic nitrogens is 2. The van der Waals surface area contributed by atoms with Crippen LogP contribution in [0, 0.1) is 5.82 Å². The Morgan fingerprint density at radius 2 is 2.28 bits per heavy atom. The number of nitrogens with zero attached hydrogens (tertiary/aromatic N) is 2. The highest BCUT2D eigenvalue weighted by Gasteiger charge is 2.22. The van der Waals surface area contributed by atoms with Gasteiger partial charge in [0.05, 0.1) is 12.8 Å². The van der Waals surface area contributed by atoms with Crippen LogP contribution in [0.5, 0.6) is 0 Å². The maximum Gasteiger partial charge on any atom is 0.352 e. The van der Waals surface area contributed by atoms with E-state index in [1.54, 1.807) is 25.2 Å². The van der Waals surface area contributed by atoms with Crippen molar-refractivity contribution < 1.29 is 18.6 Å². The first kappa shape index (κ1) is 18.8. The van der Waals surface area contributed by atoms with Crippen molar-refractivity contribution in [1.29, 1.82) is 0 Å². The van der Waals surface area contributed by atoms with Crippen LogP contribution in [0.2, 0.25) is 0 Å². The number of hydrogen-bond donors (Lipinski definition) is 2. The second-order valence-corrected chi connectivity index (χ2v) is 5.30. The van der Waals surface area contributed by atoms with E-state index in [9.17, 15) is 13.6 Å². The molecular weight excluding hydrogens is 332 g/mol. The Bertz CT molecular complexity index is 784. The summed E-state index contributed by atoms with van der Waals surface area (Å²) in [6, 6.07) is 0. The van der Waals surface area contributed by atoms with Crippen molar-refractivity contribution in [3.8, 4) is 0 Å². The molecule has 0 saturated carbocycles. The smallest absolute Gasteiger partial charge is 0.352 e. The Balaban J connectivity index is 2.12. The second-order valence-electron chi connectivity index (χ2n) is 5.30. The maximum atomic E-state index is 14.2. The molecule has 1 aliphatic rings. The van der Waals surface area contributed by atoms with E-state index in [4.69, 9.17) is 9.84 Å². The summed E-state index contributed by atoms with van der Waals surface area (Å²) >= 11 is 0. The van der Waals surface area contributed by atoms with Gasteiger partial charge in [0.1, 0.15) is 11.9 Å². The van der Waals surface area contributed by atoms with Crippen LogP contribution in [0.15, 0.2) is 59.5 Å². The monoisotopic (exact) mass is 351 g/mol. The molecule has 2 unspecified atom stereocenters. The predicted octanol–water partition coefficient (Wildman–Crippen LogP) is 2.57. The summed E-state index contributed by atoms with van der Waals surface area (Å²) in [5, 5.41) is 11.7. The van der Waals surface area contributed by atoms with Crippen molar-refractivity contribution in [3.05, 3.63) is 71.0 Å². The molecule has 134 valence electrons. The SMILES string of the molecule is C=CC(F)=CC/C=C(\C)Nc1nc(=O)n(C2C=CC(CO)O2)cc1F. The van der Waals surface area contributed by atoms with Gasteiger partial charge in [-0.2, -0.15) is 4.98 Å². The maximum absolute atomic E-state index is 14.2. The molecule has 0 saturated heterocycles. The Kier molecular flexibility index (Phi) is 6.37. The van der Waals surface area contributed by atoms with Crippen molar-refractivity contribution in [2.75, 3.05) is 11.9 Å². The zero-order valence-corrected chi connectivity index (χ0v) is 13.7. The molecule has 1 aliphatic heterocycles. The van der Waals surface area contributed by atoms with Crippen molar-refractivity contribution >= 4 is 5.82 Å². The summed E-state index contributed by atoms with van der Waals surface area (Å²) in [7, 11) is 0. The summed E-state index contributed by atoms with van der Waals surface area (Å²) in [6.07, 6.45) is 7.04. The second kappa shape index (κ2) is 8.50. The van der Waals surface area contributed by atoms with E-state index < -0.39 is 29.7 Å². The normalized spacial score (nSPS) is 20.8. The van der Waals surface area contributed by atoms with E-state index in [0.29, 0.717) is 5.70 Å². The van der Waals surface area contributed by atoms with E-state index >= 15 is 0 Å². The number of ether oxygens (including phenoxy) is 1. The summed E-state index contributed by atoms with van der Waals surface area (Å²) < 4.78 is 33.5. The van der Waals surface area contributed by atoms with Crippen molar-refractivity contribution in [3.63, 3.8) is 0 Å². The largest absolute Gasteiger partial charge is 0.393 e. The zero-order chi connectivity index (χ0) is 18.4. The zero-order valence-electron chi connectivity index (χ0n) is 13.7.